The number of halogens is 1. The molecule has 1 unspecified atom stereocenters. The van der Waals surface area contributed by atoms with Gasteiger partial charge in [0.15, 0.2) is 5.69 Å². The Morgan fingerprint density at radius 2 is 2.00 bits per heavy atom. The van der Waals surface area contributed by atoms with Crippen molar-refractivity contribution in [3.63, 3.8) is 0 Å². The van der Waals surface area contributed by atoms with Gasteiger partial charge in [-0.3, -0.25) is 19.0 Å². The summed E-state index contributed by atoms with van der Waals surface area (Å²) in [6.45, 7) is 4.14. The van der Waals surface area contributed by atoms with E-state index in [9.17, 15) is 23.9 Å². The maximum Gasteiger partial charge on any atom is 0.296 e. The normalized spacial score (nSPS) is 18.3. The first-order chi connectivity index (χ1) is 14.7. The van der Waals surface area contributed by atoms with Crippen molar-refractivity contribution < 1.29 is 23.8 Å². The van der Waals surface area contributed by atoms with Crippen molar-refractivity contribution in [3.05, 3.63) is 57.5 Å². The number of carbonyl (C=O) groups is 2. The quantitative estimate of drug-likeness (QED) is 0.710. The van der Waals surface area contributed by atoms with Gasteiger partial charge in [0.1, 0.15) is 11.6 Å². The molecule has 2 heterocycles. The highest BCUT2D eigenvalue weighted by molar-refractivity contribution is 5.94. The minimum absolute atomic E-state index is 0.0557. The molecule has 0 saturated carbocycles. The smallest absolute Gasteiger partial charge is 0.296 e. The first-order valence-corrected chi connectivity index (χ1v) is 9.94. The molecule has 3 rings (SSSR count). The molecule has 0 aliphatic carbocycles. The highest BCUT2D eigenvalue weighted by Crippen LogP contribution is 2.32. The lowest BCUT2D eigenvalue weighted by molar-refractivity contribution is -0.130. The molecule has 1 aliphatic heterocycles. The van der Waals surface area contributed by atoms with Crippen LogP contribution in [0, 0.1) is 5.82 Å². The molecule has 0 bridgehead atoms. The second kappa shape index (κ2) is 9.25. The first kappa shape index (κ1) is 22.4. The summed E-state index contributed by atoms with van der Waals surface area (Å²) in [7, 11) is 1.43. The topological polar surface area (TPSA) is 114 Å². The molecular weight excluding hydrogens is 407 g/mol. The molecule has 166 valence electrons. The number of hydrogen-bond donors (Lipinski definition) is 2. The number of ether oxygens (including phenoxy) is 1. The molecule has 2 amide bonds. The fourth-order valence-electron chi connectivity index (χ4n) is 3.68. The average Bonchev–Trinajstić information content (AvgIpc) is 3.16. The van der Waals surface area contributed by atoms with Crippen molar-refractivity contribution in [2.75, 3.05) is 13.2 Å². The number of carbonyl (C=O) groups excluding carboxylic acids is 2. The van der Waals surface area contributed by atoms with E-state index in [1.807, 2.05) is 6.92 Å². The largest absolute Gasteiger partial charge is 0.501 e. The summed E-state index contributed by atoms with van der Waals surface area (Å²) in [4.78, 5) is 43.2. The Kier molecular flexibility index (Phi) is 6.69. The predicted octanol–water partition coefficient (Wildman–Crippen LogP) is 1.25. The van der Waals surface area contributed by atoms with E-state index in [0.717, 1.165) is 4.57 Å². The maximum atomic E-state index is 13.0. The molecule has 10 heteroatoms. The summed E-state index contributed by atoms with van der Waals surface area (Å²) in [5, 5.41) is 12.8. The number of benzene rings is 1. The summed E-state index contributed by atoms with van der Waals surface area (Å²) in [5.74, 6) is -1.96. The molecule has 31 heavy (non-hydrogen) atoms. The second-order valence-electron chi connectivity index (χ2n) is 7.34. The third kappa shape index (κ3) is 4.74. The summed E-state index contributed by atoms with van der Waals surface area (Å²) < 4.78 is 19.8. The van der Waals surface area contributed by atoms with Crippen LogP contribution in [-0.2, 0) is 23.1 Å². The number of nitrogens with one attached hydrogen (secondary N) is 1. The van der Waals surface area contributed by atoms with Gasteiger partial charge in [0.25, 0.3) is 11.5 Å². The van der Waals surface area contributed by atoms with E-state index in [1.54, 1.807) is 4.90 Å². The van der Waals surface area contributed by atoms with Crippen molar-refractivity contribution in [1.82, 2.24) is 19.8 Å². The lowest BCUT2D eigenvalue weighted by Gasteiger charge is -2.24. The molecule has 2 atom stereocenters. The number of aromatic hydroxyl groups is 1. The number of likely N-dealkylation sites (tertiary alicyclic amines) is 1. The molecule has 1 aromatic carbocycles. The van der Waals surface area contributed by atoms with Crippen molar-refractivity contribution >= 4 is 11.8 Å². The molecule has 1 aliphatic rings. The fraction of sp³-hybridized carbons (Fsp3) is 0.429. The van der Waals surface area contributed by atoms with Crippen LogP contribution in [0.25, 0.3) is 0 Å². The van der Waals surface area contributed by atoms with Gasteiger partial charge in [0.05, 0.1) is 12.1 Å². The van der Waals surface area contributed by atoms with E-state index < -0.39 is 34.8 Å². The molecule has 1 saturated heterocycles. The summed E-state index contributed by atoms with van der Waals surface area (Å²) in [6.07, 6.45) is 0.190. The van der Waals surface area contributed by atoms with Crippen LogP contribution in [0.15, 0.2) is 29.1 Å². The Hall–Kier alpha value is -3.27. The third-order valence-corrected chi connectivity index (χ3v) is 5.25. The second-order valence-corrected chi connectivity index (χ2v) is 7.34. The number of nitrogens with zero attached hydrogens (tertiary/aromatic N) is 3. The summed E-state index contributed by atoms with van der Waals surface area (Å²) >= 11 is 0. The van der Waals surface area contributed by atoms with Crippen molar-refractivity contribution in [3.8, 4) is 5.75 Å². The molecular formula is C21H25FN4O5. The van der Waals surface area contributed by atoms with Crippen LogP contribution < -0.4 is 10.9 Å². The molecule has 2 aromatic rings. The highest BCUT2D eigenvalue weighted by atomic mass is 19.1. The van der Waals surface area contributed by atoms with Gasteiger partial charge in [-0.05, 0) is 24.6 Å². The van der Waals surface area contributed by atoms with Gasteiger partial charge in [0.2, 0.25) is 11.7 Å². The highest BCUT2D eigenvalue weighted by Gasteiger charge is 2.38. The van der Waals surface area contributed by atoms with Crippen LogP contribution in [0.1, 0.15) is 48.2 Å². The van der Waals surface area contributed by atoms with Gasteiger partial charge in [0, 0.05) is 40.1 Å². The molecule has 0 radical (unpaired) electrons. The summed E-state index contributed by atoms with van der Waals surface area (Å²) in [5.41, 5.74) is -0.583. The van der Waals surface area contributed by atoms with Crippen LogP contribution in [0.2, 0.25) is 0 Å². The SMILES string of the molecule is CCO[C@@H]1CC(c2nc(C(=O)NCc3ccc(F)cc3)c(O)c(=O)n2C)N(C(C)=O)C1. The molecule has 2 N–H and O–H groups in total. The van der Waals surface area contributed by atoms with Gasteiger partial charge in [-0.1, -0.05) is 12.1 Å². The van der Waals surface area contributed by atoms with Crippen LogP contribution in [-0.4, -0.2) is 50.6 Å². The Bertz CT molecular complexity index is 1040. The molecule has 0 spiro atoms. The van der Waals surface area contributed by atoms with Crippen molar-refractivity contribution in [1.29, 1.82) is 0 Å². The Labute approximate surface area is 178 Å². The molecule has 1 fully saturated rings. The van der Waals surface area contributed by atoms with Crippen LogP contribution in [0.4, 0.5) is 4.39 Å². The van der Waals surface area contributed by atoms with Crippen LogP contribution >= 0.6 is 0 Å². The lowest BCUT2D eigenvalue weighted by Crippen LogP contribution is -2.35. The Morgan fingerprint density at radius 1 is 1.32 bits per heavy atom. The standard InChI is InChI=1S/C21H25FN4O5/c1-4-31-15-9-16(26(11-15)12(2)27)19-24-17(18(28)21(30)25(19)3)20(29)23-10-13-5-7-14(22)8-6-13/h5-8,15-16,28H,4,9-11H2,1-3H3,(H,23,29)/t15-,16?/m1/s1. The van der Waals surface area contributed by atoms with E-state index in [1.165, 1.54) is 38.2 Å². The van der Waals surface area contributed by atoms with Gasteiger partial charge in [-0.15, -0.1) is 0 Å². The summed E-state index contributed by atoms with van der Waals surface area (Å²) in [6, 6.07) is 4.97. The lowest BCUT2D eigenvalue weighted by atomic mass is 10.1. The van der Waals surface area contributed by atoms with Gasteiger partial charge >= 0.3 is 0 Å². The van der Waals surface area contributed by atoms with Crippen LogP contribution in [0.3, 0.4) is 0 Å². The van der Waals surface area contributed by atoms with Crippen molar-refractivity contribution in [2.24, 2.45) is 7.05 Å². The van der Waals surface area contributed by atoms with Crippen molar-refractivity contribution in [2.45, 2.75) is 39.0 Å². The van der Waals surface area contributed by atoms with Gasteiger partial charge in [-0.25, -0.2) is 9.37 Å². The van der Waals surface area contributed by atoms with E-state index in [-0.39, 0.29) is 24.4 Å². The predicted molar refractivity (Wildman–Crippen MR) is 109 cm³/mol. The minimum atomic E-state index is -0.791. The zero-order valence-corrected chi connectivity index (χ0v) is 17.6. The fourth-order valence-corrected chi connectivity index (χ4v) is 3.68. The monoisotopic (exact) mass is 432 g/mol. The Balaban J connectivity index is 1.90. The zero-order valence-electron chi connectivity index (χ0n) is 17.6. The number of amides is 2. The minimum Gasteiger partial charge on any atom is -0.501 e. The number of aromatic nitrogens is 2. The van der Waals surface area contributed by atoms with Gasteiger partial charge < -0.3 is 20.1 Å². The maximum absolute atomic E-state index is 13.0. The van der Waals surface area contributed by atoms with Gasteiger partial charge in [-0.2, -0.15) is 0 Å². The third-order valence-electron chi connectivity index (χ3n) is 5.25. The van der Waals surface area contributed by atoms with E-state index in [4.69, 9.17) is 4.74 Å². The van der Waals surface area contributed by atoms with E-state index >= 15 is 0 Å². The molecule has 1 aromatic heterocycles. The van der Waals surface area contributed by atoms with E-state index in [0.29, 0.717) is 25.1 Å². The average molecular weight is 432 g/mol. The number of rotatable bonds is 6. The first-order valence-electron chi connectivity index (χ1n) is 9.94. The van der Waals surface area contributed by atoms with E-state index in [2.05, 4.69) is 10.3 Å². The van der Waals surface area contributed by atoms with Crippen LogP contribution in [0.5, 0.6) is 5.75 Å². The molecule has 9 nitrogen and oxygen atoms in total. The number of hydrogen-bond acceptors (Lipinski definition) is 6. The zero-order chi connectivity index (χ0) is 22.7. The Morgan fingerprint density at radius 3 is 2.61 bits per heavy atom.